The Hall–Kier alpha value is -1.43. The Balaban J connectivity index is 2.43. The number of nitrogens with zero attached hydrogens (tertiary/aromatic N) is 3. The lowest BCUT2D eigenvalue weighted by atomic mass is 9.88. The van der Waals surface area contributed by atoms with Gasteiger partial charge >= 0.3 is 0 Å². The number of hydrogen-bond acceptors (Lipinski definition) is 4. The van der Waals surface area contributed by atoms with Crippen LogP contribution in [0.15, 0.2) is 12.4 Å². The molecule has 0 aliphatic heterocycles. The smallest absolute Gasteiger partial charge is 0.222 e. The Labute approximate surface area is 102 Å². The van der Waals surface area contributed by atoms with E-state index in [1.54, 1.807) is 17.1 Å². The molecule has 1 aromatic heterocycles. The number of aromatic nitrogens is 3. The first-order valence-corrected chi connectivity index (χ1v) is 5.83. The average Bonchev–Trinajstić information content (AvgIpc) is 2.78. The van der Waals surface area contributed by atoms with Crippen molar-refractivity contribution in [3.8, 4) is 0 Å². The highest BCUT2D eigenvalue weighted by Gasteiger charge is 2.28. The third-order valence-corrected chi connectivity index (χ3v) is 3.16. The Kier molecular flexibility index (Phi) is 4.62. The largest absolute Gasteiger partial charge is 0.349 e. The highest BCUT2D eigenvalue weighted by molar-refractivity contribution is 5.76. The normalized spacial score (nSPS) is 14.6. The first kappa shape index (κ1) is 13.6. The van der Waals surface area contributed by atoms with Gasteiger partial charge in [0.1, 0.15) is 0 Å². The summed E-state index contributed by atoms with van der Waals surface area (Å²) >= 11 is 0. The van der Waals surface area contributed by atoms with Crippen molar-refractivity contribution in [3.05, 3.63) is 12.4 Å². The lowest BCUT2D eigenvalue weighted by molar-refractivity contribution is -0.123. The number of aryl methyl sites for hydroxylation is 1. The van der Waals surface area contributed by atoms with Crippen molar-refractivity contribution in [2.75, 3.05) is 6.54 Å². The van der Waals surface area contributed by atoms with Gasteiger partial charge in [-0.25, -0.2) is 0 Å². The van der Waals surface area contributed by atoms with Crippen LogP contribution in [0.3, 0.4) is 0 Å². The molecular formula is C11H21N5O. The number of amides is 1. The number of carbonyl (C=O) groups is 1. The zero-order valence-electron chi connectivity index (χ0n) is 10.7. The number of nitrogens with one attached hydrogen (secondary N) is 1. The molecule has 6 heteroatoms. The molecule has 0 aromatic carbocycles. The van der Waals surface area contributed by atoms with Crippen molar-refractivity contribution in [1.29, 1.82) is 0 Å². The molecule has 3 N–H and O–H groups in total. The van der Waals surface area contributed by atoms with E-state index >= 15 is 0 Å². The summed E-state index contributed by atoms with van der Waals surface area (Å²) in [5.41, 5.74) is 5.36. The summed E-state index contributed by atoms with van der Waals surface area (Å²) in [5, 5.41) is 10.5. The minimum absolute atomic E-state index is 0.0119. The lowest BCUT2D eigenvalue weighted by Gasteiger charge is -2.33. The lowest BCUT2D eigenvalue weighted by Crippen LogP contribution is -2.55. The van der Waals surface area contributed by atoms with Gasteiger partial charge in [-0.05, 0) is 12.8 Å². The van der Waals surface area contributed by atoms with E-state index in [0.717, 1.165) is 0 Å². The van der Waals surface area contributed by atoms with Crippen molar-refractivity contribution in [3.63, 3.8) is 0 Å². The fourth-order valence-electron chi connectivity index (χ4n) is 1.38. The van der Waals surface area contributed by atoms with Crippen LogP contribution in [0, 0.1) is 5.92 Å². The molecule has 1 amide bonds. The molecule has 0 aliphatic carbocycles. The van der Waals surface area contributed by atoms with Crippen LogP contribution in [-0.4, -0.2) is 33.0 Å². The maximum Gasteiger partial charge on any atom is 0.222 e. The third kappa shape index (κ3) is 3.81. The van der Waals surface area contributed by atoms with Crippen molar-refractivity contribution in [1.82, 2.24) is 20.3 Å². The summed E-state index contributed by atoms with van der Waals surface area (Å²) < 4.78 is 1.63. The van der Waals surface area contributed by atoms with Crippen molar-refractivity contribution in [2.45, 2.75) is 39.3 Å². The van der Waals surface area contributed by atoms with Crippen LogP contribution < -0.4 is 11.1 Å². The molecule has 0 bridgehead atoms. The Morgan fingerprint density at radius 1 is 1.59 bits per heavy atom. The summed E-state index contributed by atoms with van der Waals surface area (Å²) in [6.07, 6.45) is 3.71. The molecule has 17 heavy (non-hydrogen) atoms. The predicted octanol–water partition coefficient (Wildman–Crippen LogP) is 0.158. The van der Waals surface area contributed by atoms with Gasteiger partial charge in [-0.1, -0.05) is 19.1 Å². The molecule has 0 fully saturated rings. The van der Waals surface area contributed by atoms with E-state index in [1.807, 2.05) is 20.8 Å². The van der Waals surface area contributed by atoms with Gasteiger partial charge in [0.05, 0.1) is 18.3 Å². The van der Waals surface area contributed by atoms with E-state index in [0.29, 0.717) is 25.4 Å². The van der Waals surface area contributed by atoms with Gasteiger partial charge < -0.3 is 11.1 Å². The summed E-state index contributed by atoms with van der Waals surface area (Å²) in [4.78, 5) is 11.8. The van der Waals surface area contributed by atoms with Crippen LogP contribution in [0.25, 0.3) is 0 Å². The minimum Gasteiger partial charge on any atom is -0.349 e. The van der Waals surface area contributed by atoms with E-state index < -0.39 is 0 Å². The van der Waals surface area contributed by atoms with Crippen LogP contribution >= 0.6 is 0 Å². The van der Waals surface area contributed by atoms with Crippen LogP contribution in [0.4, 0.5) is 0 Å². The van der Waals surface area contributed by atoms with Gasteiger partial charge in [-0.2, -0.15) is 0 Å². The van der Waals surface area contributed by atoms with Crippen molar-refractivity contribution in [2.24, 2.45) is 11.7 Å². The van der Waals surface area contributed by atoms with E-state index in [2.05, 4.69) is 15.6 Å². The summed E-state index contributed by atoms with van der Waals surface area (Å²) in [6, 6.07) is 0. The monoisotopic (exact) mass is 239 g/mol. The first-order chi connectivity index (χ1) is 7.98. The van der Waals surface area contributed by atoms with Crippen LogP contribution in [0.5, 0.6) is 0 Å². The number of rotatable bonds is 6. The molecule has 0 radical (unpaired) electrons. The topological polar surface area (TPSA) is 85.8 Å². The van der Waals surface area contributed by atoms with E-state index in [9.17, 15) is 4.79 Å². The second-order valence-electron chi connectivity index (χ2n) is 4.74. The fraction of sp³-hybridized carbons (Fsp3) is 0.727. The van der Waals surface area contributed by atoms with Crippen molar-refractivity contribution < 1.29 is 4.79 Å². The van der Waals surface area contributed by atoms with Gasteiger partial charge in [0.15, 0.2) is 0 Å². The quantitative estimate of drug-likeness (QED) is 0.740. The van der Waals surface area contributed by atoms with Crippen LogP contribution in [0.1, 0.15) is 27.2 Å². The summed E-state index contributed by atoms with van der Waals surface area (Å²) in [7, 11) is 0. The van der Waals surface area contributed by atoms with Gasteiger partial charge in [-0.3, -0.25) is 9.48 Å². The SMILES string of the molecule is CC(C)C(C)(CN)NC(=O)CCn1ccnn1. The number of hydrogen-bond donors (Lipinski definition) is 2. The van der Waals surface area contributed by atoms with Gasteiger partial charge in [0.2, 0.25) is 5.91 Å². The zero-order valence-corrected chi connectivity index (χ0v) is 10.7. The van der Waals surface area contributed by atoms with Gasteiger partial charge in [-0.15, -0.1) is 5.10 Å². The van der Waals surface area contributed by atoms with Crippen LogP contribution in [0.2, 0.25) is 0 Å². The Morgan fingerprint density at radius 2 is 2.29 bits per heavy atom. The minimum atomic E-state index is -0.348. The fourth-order valence-corrected chi connectivity index (χ4v) is 1.38. The predicted molar refractivity (Wildman–Crippen MR) is 65.1 cm³/mol. The molecule has 6 nitrogen and oxygen atoms in total. The zero-order chi connectivity index (χ0) is 12.9. The second kappa shape index (κ2) is 5.77. The molecule has 0 saturated carbocycles. The maximum atomic E-state index is 11.8. The highest BCUT2D eigenvalue weighted by atomic mass is 16.1. The average molecular weight is 239 g/mol. The molecule has 0 spiro atoms. The number of nitrogens with two attached hydrogens (primary N) is 1. The Bertz CT molecular complexity index is 349. The maximum absolute atomic E-state index is 11.8. The molecule has 96 valence electrons. The molecule has 1 atom stereocenters. The van der Waals surface area contributed by atoms with E-state index in [-0.39, 0.29) is 11.4 Å². The summed E-state index contributed by atoms with van der Waals surface area (Å²) in [6.45, 7) is 7.02. The van der Waals surface area contributed by atoms with Gasteiger partial charge in [0.25, 0.3) is 0 Å². The standard InChI is InChI=1S/C11H21N5O/c1-9(2)11(3,8-12)14-10(17)4-6-16-7-5-13-15-16/h5,7,9H,4,6,8,12H2,1-3H3,(H,14,17). The molecule has 1 heterocycles. The third-order valence-electron chi connectivity index (χ3n) is 3.16. The number of carbonyl (C=O) groups excluding carboxylic acids is 1. The van der Waals surface area contributed by atoms with Gasteiger partial charge in [0, 0.05) is 19.2 Å². The van der Waals surface area contributed by atoms with E-state index in [1.165, 1.54) is 0 Å². The molecule has 1 rings (SSSR count). The molecule has 0 saturated heterocycles. The second-order valence-corrected chi connectivity index (χ2v) is 4.74. The highest BCUT2D eigenvalue weighted by Crippen LogP contribution is 2.14. The molecule has 1 aromatic rings. The first-order valence-electron chi connectivity index (χ1n) is 5.83. The molecule has 1 unspecified atom stereocenters. The summed E-state index contributed by atoms with van der Waals surface area (Å²) in [5.74, 6) is 0.282. The molecule has 0 aliphatic rings. The van der Waals surface area contributed by atoms with E-state index in [4.69, 9.17) is 5.73 Å². The van der Waals surface area contributed by atoms with Crippen LogP contribution in [-0.2, 0) is 11.3 Å². The molecular weight excluding hydrogens is 218 g/mol. The van der Waals surface area contributed by atoms with Crippen molar-refractivity contribution >= 4 is 5.91 Å². The Morgan fingerprint density at radius 3 is 2.76 bits per heavy atom.